The number of halogens is 2. The van der Waals surface area contributed by atoms with Crippen LogP contribution in [-0.2, 0) is 16.8 Å². The van der Waals surface area contributed by atoms with Crippen LogP contribution in [0.1, 0.15) is 26.3 Å². The van der Waals surface area contributed by atoms with Crippen molar-refractivity contribution >= 4 is 46.6 Å². The molecule has 0 aliphatic heterocycles. The maximum atomic E-state index is 12.4. The van der Waals surface area contributed by atoms with E-state index in [1.807, 2.05) is 16.7 Å². The van der Waals surface area contributed by atoms with Crippen LogP contribution < -0.4 is 5.32 Å². The number of hydrogen-bond acceptors (Lipinski definition) is 4. The zero-order chi connectivity index (χ0) is 22.6. The number of rotatable bonds is 7. The minimum atomic E-state index is -0.232. The fourth-order valence-corrected chi connectivity index (χ4v) is 4.18. The average Bonchev–Trinajstić information content (AvgIpc) is 3.12. The summed E-state index contributed by atoms with van der Waals surface area (Å²) >= 11 is 13.5. The fourth-order valence-electron chi connectivity index (χ4n) is 2.94. The Morgan fingerprint density at radius 3 is 2.35 bits per heavy atom. The van der Waals surface area contributed by atoms with E-state index in [4.69, 9.17) is 23.2 Å². The van der Waals surface area contributed by atoms with Gasteiger partial charge in [-0.25, -0.2) is 0 Å². The first-order valence-corrected chi connectivity index (χ1v) is 11.5. The van der Waals surface area contributed by atoms with Gasteiger partial charge in [-0.15, -0.1) is 16.8 Å². The van der Waals surface area contributed by atoms with Gasteiger partial charge >= 0.3 is 0 Å². The molecule has 1 heterocycles. The lowest BCUT2D eigenvalue weighted by Gasteiger charge is -2.19. The average molecular weight is 475 g/mol. The summed E-state index contributed by atoms with van der Waals surface area (Å²) in [6.45, 7) is 10.9. The molecule has 2 aromatic carbocycles. The van der Waals surface area contributed by atoms with Gasteiger partial charge in [0.2, 0.25) is 5.91 Å². The second-order valence-corrected chi connectivity index (χ2v) is 9.72. The number of para-hydroxylation sites is 1. The number of thioether (sulfide) groups is 1. The van der Waals surface area contributed by atoms with Crippen molar-refractivity contribution in [2.45, 2.75) is 37.9 Å². The second kappa shape index (κ2) is 9.90. The molecule has 0 saturated heterocycles. The predicted molar refractivity (Wildman–Crippen MR) is 130 cm³/mol. The Kier molecular flexibility index (Phi) is 7.46. The number of aromatic nitrogens is 3. The van der Waals surface area contributed by atoms with Crippen LogP contribution in [0.15, 0.2) is 60.3 Å². The molecule has 0 saturated carbocycles. The van der Waals surface area contributed by atoms with Gasteiger partial charge in [-0.1, -0.05) is 92.1 Å². The van der Waals surface area contributed by atoms with Gasteiger partial charge in [0, 0.05) is 12.1 Å². The highest BCUT2D eigenvalue weighted by atomic mass is 35.5. The summed E-state index contributed by atoms with van der Waals surface area (Å²) in [5, 5.41) is 12.8. The predicted octanol–water partition coefficient (Wildman–Crippen LogP) is 6.47. The fraction of sp³-hybridized carbons (Fsp3) is 0.261. The summed E-state index contributed by atoms with van der Waals surface area (Å²) in [5.74, 6) is 0.640. The Bertz CT molecular complexity index is 1070. The van der Waals surface area contributed by atoms with Crippen molar-refractivity contribution in [2.24, 2.45) is 0 Å². The van der Waals surface area contributed by atoms with Gasteiger partial charge in [-0.2, -0.15) is 0 Å². The molecule has 0 bridgehead atoms. The summed E-state index contributed by atoms with van der Waals surface area (Å²) in [7, 11) is 0. The molecule has 5 nitrogen and oxygen atoms in total. The minimum Gasteiger partial charge on any atom is -0.323 e. The number of nitrogens with one attached hydrogen (secondary N) is 1. The van der Waals surface area contributed by atoms with Crippen molar-refractivity contribution in [3.05, 3.63) is 70.7 Å². The van der Waals surface area contributed by atoms with Crippen molar-refractivity contribution in [2.75, 3.05) is 11.1 Å². The molecule has 0 spiro atoms. The van der Waals surface area contributed by atoms with Gasteiger partial charge in [0.15, 0.2) is 11.0 Å². The van der Waals surface area contributed by atoms with Crippen LogP contribution in [0.4, 0.5) is 5.69 Å². The third kappa shape index (κ3) is 5.70. The van der Waals surface area contributed by atoms with E-state index in [1.165, 1.54) is 17.3 Å². The molecule has 0 atom stereocenters. The van der Waals surface area contributed by atoms with Crippen LogP contribution in [0.2, 0.25) is 10.0 Å². The van der Waals surface area contributed by atoms with E-state index in [2.05, 4.69) is 55.0 Å². The Balaban J connectivity index is 1.76. The van der Waals surface area contributed by atoms with Crippen LogP contribution >= 0.6 is 35.0 Å². The highest BCUT2D eigenvalue weighted by Gasteiger charge is 2.18. The molecule has 8 heteroatoms. The molecule has 31 heavy (non-hydrogen) atoms. The summed E-state index contributed by atoms with van der Waals surface area (Å²) in [6.07, 6.45) is 1.78. The van der Waals surface area contributed by atoms with E-state index in [1.54, 1.807) is 24.3 Å². The smallest absolute Gasteiger partial charge is 0.234 e. The van der Waals surface area contributed by atoms with Gasteiger partial charge in [-0.3, -0.25) is 9.36 Å². The van der Waals surface area contributed by atoms with E-state index in [-0.39, 0.29) is 17.1 Å². The Morgan fingerprint density at radius 1 is 1.13 bits per heavy atom. The molecule has 1 N–H and O–H groups in total. The normalized spacial score (nSPS) is 11.4. The van der Waals surface area contributed by atoms with Crippen LogP contribution in [-0.4, -0.2) is 26.4 Å². The van der Waals surface area contributed by atoms with E-state index >= 15 is 0 Å². The van der Waals surface area contributed by atoms with Gasteiger partial charge in [0.25, 0.3) is 0 Å². The van der Waals surface area contributed by atoms with E-state index in [9.17, 15) is 4.79 Å². The molecule has 1 aromatic heterocycles. The SMILES string of the molecule is C=CCn1c(SCC(=O)Nc2c(Cl)cccc2Cl)nnc1-c1ccc(C(C)(C)C)cc1. The molecule has 0 aliphatic carbocycles. The lowest BCUT2D eigenvalue weighted by Crippen LogP contribution is -2.15. The van der Waals surface area contributed by atoms with Crippen LogP contribution in [0, 0.1) is 0 Å². The van der Waals surface area contributed by atoms with Crippen LogP contribution in [0.25, 0.3) is 11.4 Å². The summed E-state index contributed by atoms with van der Waals surface area (Å²) in [6, 6.07) is 13.4. The molecule has 3 aromatic rings. The number of amides is 1. The van der Waals surface area contributed by atoms with Crippen molar-refractivity contribution in [3.63, 3.8) is 0 Å². The van der Waals surface area contributed by atoms with Crippen molar-refractivity contribution in [3.8, 4) is 11.4 Å². The summed E-state index contributed by atoms with van der Waals surface area (Å²) in [4.78, 5) is 12.4. The van der Waals surface area contributed by atoms with Crippen molar-refractivity contribution < 1.29 is 4.79 Å². The molecule has 3 rings (SSSR count). The molecule has 0 aliphatic rings. The number of hydrogen-bond donors (Lipinski definition) is 1. The number of benzene rings is 2. The molecular weight excluding hydrogens is 451 g/mol. The highest BCUT2D eigenvalue weighted by Crippen LogP contribution is 2.31. The van der Waals surface area contributed by atoms with E-state index in [0.29, 0.717) is 27.4 Å². The maximum Gasteiger partial charge on any atom is 0.234 e. The number of carbonyl (C=O) groups excluding carboxylic acids is 1. The first-order chi connectivity index (χ1) is 14.7. The van der Waals surface area contributed by atoms with Crippen molar-refractivity contribution in [1.29, 1.82) is 0 Å². The zero-order valence-corrected chi connectivity index (χ0v) is 20.0. The molecule has 0 unspecified atom stereocenters. The Morgan fingerprint density at radius 2 is 1.77 bits per heavy atom. The monoisotopic (exact) mass is 474 g/mol. The number of allylic oxidation sites excluding steroid dienone is 1. The number of nitrogens with zero attached hydrogens (tertiary/aromatic N) is 3. The Hall–Kier alpha value is -2.28. The third-order valence-electron chi connectivity index (χ3n) is 4.60. The van der Waals surface area contributed by atoms with Crippen molar-refractivity contribution in [1.82, 2.24) is 14.8 Å². The minimum absolute atomic E-state index is 0.0756. The number of carbonyl (C=O) groups is 1. The molecule has 162 valence electrons. The molecule has 0 fully saturated rings. The third-order valence-corrected chi connectivity index (χ3v) is 6.19. The van der Waals surface area contributed by atoms with E-state index < -0.39 is 0 Å². The number of anilines is 1. The quantitative estimate of drug-likeness (QED) is 0.315. The lowest BCUT2D eigenvalue weighted by molar-refractivity contribution is -0.113. The Labute approximate surface area is 196 Å². The molecule has 0 radical (unpaired) electrons. The summed E-state index contributed by atoms with van der Waals surface area (Å²) < 4.78 is 1.94. The first-order valence-electron chi connectivity index (χ1n) is 9.72. The van der Waals surface area contributed by atoms with Crippen LogP contribution in [0.3, 0.4) is 0 Å². The lowest BCUT2D eigenvalue weighted by atomic mass is 9.87. The van der Waals surface area contributed by atoms with Crippen LogP contribution in [0.5, 0.6) is 0 Å². The summed E-state index contributed by atoms with van der Waals surface area (Å²) in [5.41, 5.74) is 2.69. The maximum absolute atomic E-state index is 12.4. The topological polar surface area (TPSA) is 59.8 Å². The van der Waals surface area contributed by atoms with Gasteiger partial charge < -0.3 is 5.32 Å². The standard InChI is InChI=1S/C23H24Cl2N4OS/c1-5-13-29-21(15-9-11-16(12-10-15)23(2,3)4)27-28-22(29)31-14-19(30)26-20-17(24)7-6-8-18(20)25/h5-12H,1,13-14H2,2-4H3,(H,26,30). The van der Waals surface area contributed by atoms with Gasteiger partial charge in [0.1, 0.15) is 0 Å². The zero-order valence-electron chi connectivity index (χ0n) is 17.7. The largest absolute Gasteiger partial charge is 0.323 e. The van der Waals surface area contributed by atoms with Gasteiger partial charge in [-0.05, 0) is 23.1 Å². The highest BCUT2D eigenvalue weighted by molar-refractivity contribution is 7.99. The second-order valence-electron chi connectivity index (χ2n) is 7.97. The first kappa shape index (κ1) is 23.4. The van der Waals surface area contributed by atoms with E-state index in [0.717, 1.165) is 11.4 Å². The van der Waals surface area contributed by atoms with Gasteiger partial charge in [0.05, 0.1) is 21.5 Å². The molecule has 1 amide bonds. The molecular formula is C23H24Cl2N4OS.